The van der Waals surface area contributed by atoms with Gasteiger partial charge in [0, 0.05) is 23.8 Å². The van der Waals surface area contributed by atoms with E-state index in [1.807, 2.05) is 0 Å². The van der Waals surface area contributed by atoms with Gasteiger partial charge in [-0.3, -0.25) is 0 Å². The maximum Gasteiger partial charge on any atom is 0.349 e. The Morgan fingerprint density at radius 3 is 1.80 bits per heavy atom. The van der Waals surface area contributed by atoms with Crippen molar-refractivity contribution in [3.8, 4) is 17.6 Å². The Hall–Kier alpha value is -3.73. The molecule has 0 saturated carbocycles. The van der Waals surface area contributed by atoms with Crippen LogP contribution in [0.1, 0.15) is 27.0 Å². The van der Waals surface area contributed by atoms with E-state index in [1.54, 1.807) is 0 Å². The van der Waals surface area contributed by atoms with Crippen molar-refractivity contribution in [2.45, 2.75) is 6.92 Å². The quantitative estimate of drug-likeness (QED) is 0.239. The Labute approximate surface area is 166 Å². The Morgan fingerprint density at radius 2 is 1.27 bits per heavy atom. The molecular formula is C22H10F6O2. The first-order chi connectivity index (χ1) is 14.1. The number of halogens is 6. The second-order valence-electron chi connectivity index (χ2n) is 6.16. The minimum absolute atomic E-state index is 0.308. The zero-order valence-corrected chi connectivity index (χ0v) is 15.1. The fraction of sp³-hybridized carbons (Fsp3) is 0.0455. The summed E-state index contributed by atoms with van der Waals surface area (Å²) in [5.74, 6) is -4.53. The molecule has 0 saturated heterocycles. The summed E-state index contributed by atoms with van der Waals surface area (Å²) in [5.41, 5.74) is -1.69. The summed E-state index contributed by atoms with van der Waals surface area (Å²) in [6.45, 7) is 1.48. The van der Waals surface area contributed by atoms with E-state index >= 15 is 0 Å². The van der Waals surface area contributed by atoms with Gasteiger partial charge in [0.15, 0.2) is 0 Å². The van der Waals surface area contributed by atoms with E-state index in [2.05, 4.69) is 16.6 Å². The normalized spacial score (nSPS) is 10.4. The fourth-order valence-electron chi connectivity index (χ4n) is 2.54. The first kappa shape index (κ1) is 21.0. The van der Waals surface area contributed by atoms with E-state index in [0.717, 1.165) is 12.1 Å². The number of esters is 1. The lowest BCUT2D eigenvalue weighted by atomic mass is 10.1. The van der Waals surface area contributed by atoms with Crippen molar-refractivity contribution in [2.75, 3.05) is 0 Å². The highest BCUT2D eigenvalue weighted by molar-refractivity contribution is 5.91. The molecule has 0 radical (unpaired) electrons. The van der Waals surface area contributed by atoms with Crippen molar-refractivity contribution in [3.05, 3.63) is 99.6 Å². The highest BCUT2D eigenvalue weighted by Gasteiger charge is 2.21. The molecule has 0 heterocycles. The van der Waals surface area contributed by atoms with Crippen LogP contribution in [0.3, 0.4) is 0 Å². The fourth-order valence-corrected chi connectivity index (χ4v) is 2.54. The molecule has 8 heteroatoms. The zero-order valence-electron chi connectivity index (χ0n) is 15.1. The summed E-state index contributed by atoms with van der Waals surface area (Å²) >= 11 is 0. The van der Waals surface area contributed by atoms with Gasteiger partial charge in [0.05, 0.1) is 5.56 Å². The molecule has 0 amide bonds. The van der Waals surface area contributed by atoms with Crippen LogP contribution in [0.15, 0.2) is 42.5 Å². The molecule has 0 aliphatic carbocycles. The van der Waals surface area contributed by atoms with Crippen LogP contribution in [0.5, 0.6) is 5.75 Å². The summed E-state index contributed by atoms with van der Waals surface area (Å²) < 4.78 is 87.0. The van der Waals surface area contributed by atoms with Crippen molar-refractivity contribution in [1.29, 1.82) is 0 Å². The lowest BCUT2D eigenvalue weighted by molar-refractivity contribution is 0.0724. The average molecular weight is 420 g/mol. The van der Waals surface area contributed by atoms with Crippen LogP contribution in [0.25, 0.3) is 0 Å². The molecule has 0 aliphatic heterocycles. The third kappa shape index (κ3) is 4.63. The first-order valence-corrected chi connectivity index (χ1v) is 8.29. The number of hydrogen-bond donors (Lipinski definition) is 0. The van der Waals surface area contributed by atoms with Crippen LogP contribution < -0.4 is 4.74 Å². The van der Waals surface area contributed by atoms with Gasteiger partial charge in [-0.25, -0.2) is 31.1 Å². The largest absolute Gasteiger partial charge is 0.423 e. The van der Waals surface area contributed by atoms with Crippen molar-refractivity contribution in [2.24, 2.45) is 0 Å². The highest BCUT2D eigenvalue weighted by atomic mass is 19.2. The summed E-state index contributed by atoms with van der Waals surface area (Å²) in [5, 5.41) is 0. The van der Waals surface area contributed by atoms with Crippen LogP contribution >= 0.6 is 0 Å². The molecule has 0 aromatic heterocycles. The molecule has 0 bridgehead atoms. The second kappa shape index (κ2) is 8.33. The summed E-state index contributed by atoms with van der Waals surface area (Å²) in [4.78, 5) is 12.0. The van der Waals surface area contributed by atoms with Crippen molar-refractivity contribution >= 4 is 5.97 Å². The predicted molar refractivity (Wildman–Crippen MR) is 94.7 cm³/mol. The van der Waals surface area contributed by atoms with Crippen LogP contribution in [-0.4, -0.2) is 5.97 Å². The topological polar surface area (TPSA) is 26.3 Å². The minimum atomic E-state index is -1.54. The Balaban J connectivity index is 1.90. The van der Waals surface area contributed by atoms with Crippen LogP contribution in [0.2, 0.25) is 0 Å². The lowest BCUT2D eigenvalue weighted by Crippen LogP contribution is -2.14. The number of benzene rings is 3. The van der Waals surface area contributed by atoms with Gasteiger partial charge in [0.2, 0.25) is 0 Å². The third-order valence-electron chi connectivity index (χ3n) is 3.81. The molecular weight excluding hydrogens is 410 g/mol. The molecule has 30 heavy (non-hydrogen) atoms. The molecule has 0 spiro atoms. The second-order valence-corrected chi connectivity index (χ2v) is 6.16. The van der Waals surface area contributed by atoms with Gasteiger partial charge >= 0.3 is 5.97 Å². The average Bonchev–Trinajstić information content (AvgIpc) is 2.59. The zero-order chi connectivity index (χ0) is 22.0. The van der Waals surface area contributed by atoms with Crippen LogP contribution in [0.4, 0.5) is 26.3 Å². The van der Waals surface area contributed by atoms with Gasteiger partial charge in [-0.05, 0) is 36.8 Å². The third-order valence-corrected chi connectivity index (χ3v) is 3.81. The van der Waals surface area contributed by atoms with E-state index in [-0.39, 0.29) is 5.56 Å². The molecule has 0 unspecified atom stereocenters. The molecule has 3 aromatic carbocycles. The number of carbonyl (C=O) groups excluding carboxylic acids is 1. The molecule has 0 N–H and O–H groups in total. The Kier molecular flexibility index (Phi) is 5.83. The van der Waals surface area contributed by atoms with Gasteiger partial charge < -0.3 is 4.74 Å². The SMILES string of the molecule is Cc1cc(F)c(C#Cc2cc(F)c(C(=O)Oc3cc(F)cc(F)c3)c(F)c2)c(F)c1. The van der Waals surface area contributed by atoms with Crippen LogP contribution in [0, 0.1) is 53.7 Å². The Bertz CT molecular complexity index is 1160. The van der Waals surface area contributed by atoms with Gasteiger partial charge in [0.25, 0.3) is 0 Å². The molecule has 0 fully saturated rings. The summed E-state index contributed by atoms with van der Waals surface area (Å²) in [6.07, 6.45) is 0. The van der Waals surface area contributed by atoms with Gasteiger partial charge in [-0.15, -0.1) is 0 Å². The molecule has 0 atom stereocenters. The van der Waals surface area contributed by atoms with E-state index in [1.165, 1.54) is 6.92 Å². The molecule has 3 rings (SSSR count). The highest BCUT2D eigenvalue weighted by Crippen LogP contribution is 2.21. The summed E-state index contributed by atoms with van der Waals surface area (Å²) in [7, 11) is 0. The summed E-state index contributed by atoms with van der Waals surface area (Å²) in [6, 6.07) is 5.23. The van der Waals surface area contributed by atoms with E-state index < -0.39 is 57.7 Å². The monoisotopic (exact) mass is 420 g/mol. The molecule has 0 aliphatic rings. The number of carbonyl (C=O) groups is 1. The number of rotatable bonds is 2. The smallest absolute Gasteiger partial charge is 0.349 e. The van der Waals surface area contributed by atoms with E-state index in [9.17, 15) is 31.1 Å². The van der Waals surface area contributed by atoms with Crippen LogP contribution in [-0.2, 0) is 0 Å². The Morgan fingerprint density at radius 1 is 0.733 bits per heavy atom. The number of ether oxygens (including phenoxy) is 1. The molecule has 2 nitrogen and oxygen atoms in total. The standard InChI is InChI=1S/C22H10F6O2/c1-11-4-17(25)16(18(26)5-11)3-2-12-6-19(27)21(20(28)7-12)22(29)30-15-9-13(23)8-14(24)10-15/h4-10H,1H3. The van der Waals surface area contributed by atoms with E-state index in [0.29, 0.717) is 35.9 Å². The van der Waals surface area contributed by atoms with Crippen molar-refractivity contribution < 1.29 is 35.9 Å². The maximum absolute atomic E-state index is 14.3. The van der Waals surface area contributed by atoms with Gasteiger partial charge in [-0.2, -0.15) is 0 Å². The number of aryl methyl sites for hydroxylation is 1. The number of hydrogen-bond acceptors (Lipinski definition) is 2. The lowest BCUT2D eigenvalue weighted by Gasteiger charge is -2.07. The minimum Gasteiger partial charge on any atom is -0.423 e. The maximum atomic E-state index is 14.3. The molecule has 3 aromatic rings. The van der Waals surface area contributed by atoms with Gasteiger partial charge in [-0.1, -0.05) is 11.8 Å². The first-order valence-electron chi connectivity index (χ1n) is 8.29. The molecule has 152 valence electrons. The van der Waals surface area contributed by atoms with E-state index in [4.69, 9.17) is 0 Å². The predicted octanol–water partition coefficient (Wildman–Crippen LogP) is 5.45. The van der Waals surface area contributed by atoms with Gasteiger partial charge in [0.1, 0.15) is 46.2 Å². The van der Waals surface area contributed by atoms with Crippen molar-refractivity contribution in [1.82, 2.24) is 0 Å². The van der Waals surface area contributed by atoms with Crippen molar-refractivity contribution in [3.63, 3.8) is 0 Å².